The van der Waals surface area contributed by atoms with Crippen LogP contribution in [-0.4, -0.2) is 19.9 Å². The predicted molar refractivity (Wildman–Crippen MR) is 129 cm³/mol. The van der Waals surface area contributed by atoms with Gasteiger partial charge in [-0.3, -0.25) is 23.5 Å². The van der Waals surface area contributed by atoms with Crippen LogP contribution >= 0.6 is 38.9 Å². The summed E-state index contributed by atoms with van der Waals surface area (Å²) in [6.07, 6.45) is 3.17. The normalized spacial score (nSPS) is 11.1. The first-order valence-corrected chi connectivity index (χ1v) is 11.6. The summed E-state index contributed by atoms with van der Waals surface area (Å²) in [6, 6.07) is 8.98. The first-order valence-electron chi connectivity index (χ1n) is 9.64. The van der Waals surface area contributed by atoms with Crippen molar-refractivity contribution in [1.82, 2.24) is 19.3 Å². The SMILES string of the molecule is Cc1cc(CNC(=O)c2cn3c(=O)n(Cc4ccc(Br)c(Cl)c4)c(=O)c(C)c3s2)ccn1. The average Bonchev–Trinajstić information content (AvgIpc) is 3.22. The molecule has 1 aromatic carbocycles. The molecule has 7 nitrogen and oxygen atoms in total. The van der Waals surface area contributed by atoms with Crippen molar-refractivity contribution in [2.24, 2.45) is 0 Å². The Morgan fingerprint density at radius 2 is 1.97 bits per heavy atom. The van der Waals surface area contributed by atoms with E-state index < -0.39 is 11.2 Å². The van der Waals surface area contributed by atoms with Crippen LogP contribution in [-0.2, 0) is 13.1 Å². The minimum atomic E-state index is -0.505. The number of amides is 1. The van der Waals surface area contributed by atoms with Crippen molar-refractivity contribution in [3.8, 4) is 0 Å². The van der Waals surface area contributed by atoms with E-state index in [4.69, 9.17) is 11.6 Å². The molecule has 0 aliphatic heterocycles. The number of aryl methyl sites for hydroxylation is 2. The first kappa shape index (κ1) is 22.4. The van der Waals surface area contributed by atoms with Crippen LogP contribution in [0.5, 0.6) is 0 Å². The second-order valence-electron chi connectivity index (χ2n) is 7.31. The molecule has 1 amide bonds. The Bertz CT molecular complexity index is 1470. The van der Waals surface area contributed by atoms with E-state index in [1.807, 2.05) is 19.1 Å². The summed E-state index contributed by atoms with van der Waals surface area (Å²) in [7, 11) is 0. The molecular formula is C22H18BrClN4O3S. The third-order valence-corrected chi connectivity index (χ3v) is 7.40. The van der Waals surface area contributed by atoms with Gasteiger partial charge in [-0.25, -0.2) is 4.79 Å². The quantitative estimate of drug-likeness (QED) is 0.421. The van der Waals surface area contributed by atoms with Crippen molar-refractivity contribution in [3.05, 3.63) is 100 Å². The Morgan fingerprint density at radius 3 is 2.69 bits per heavy atom. The van der Waals surface area contributed by atoms with Crippen molar-refractivity contribution < 1.29 is 4.79 Å². The molecule has 0 aliphatic carbocycles. The van der Waals surface area contributed by atoms with Gasteiger partial charge >= 0.3 is 5.69 Å². The van der Waals surface area contributed by atoms with Crippen LogP contribution in [0.4, 0.5) is 0 Å². The van der Waals surface area contributed by atoms with E-state index in [1.54, 1.807) is 31.3 Å². The Labute approximate surface area is 200 Å². The number of carbonyl (C=O) groups excluding carboxylic acids is 1. The van der Waals surface area contributed by atoms with Crippen LogP contribution in [0, 0.1) is 13.8 Å². The van der Waals surface area contributed by atoms with Crippen LogP contribution in [0.2, 0.25) is 5.02 Å². The van der Waals surface area contributed by atoms with E-state index >= 15 is 0 Å². The fraction of sp³-hybridized carbons (Fsp3) is 0.182. The summed E-state index contributed by atoms with van der Waals surface area (Å²) >= 11 is 10.6. The summed E-state index contributed by atoms with van der Waals surface area (Å²) in [4.78, 5) is 43.6. The lowest BCUT2D eigenvalue weighted by atomic mass is 10.2. The molecule has 3 heterocycles. The number of pyridine rings is 1. The molecule has 3 aromatic heterocycles. The molecule has 4 aromatic rings. The lowest BCUT2D eigenvalue weighted by Crippen LogP contribution is -2.38. The molecule has 1 N–H and O–H groups in total. The molecule has 0 unspecified atom stereocenters. The number of benzene rings is 1. The van der Waals surface area contributed by atoms with Gasteiger partial charge in [0, 0.05) is 34.7 Å². The van der Waals surface area contributed by atoms with Gasteiger partial charge < -0.3 is 5.32 Å². The lowest BCUT2D eigenvalue weighted by molar-refractivity contribution is 0.0954. The third kappa shape index (κ3) is 4.41. The minimum absolute atomic E-state index is 0.0766. The summed E-state index contributed by atoms with van der Waals surface area (Å²) in [6.45, 7) is 3.94. The van der Waals surface area contributed by atoms with E-state index in [0.717, 1.165) is 37.2 Å². The second-order valence-corrected chi connectivity index (χ2v) is 9.60. The molecule has 0 atom stereocenters. The van der Waals surface area contributed by atoms with Crippen molar-refractivity contribution in [1.29, 1.82) is 0 Å². The van der Waals surface area contributed by atoms with Crippen molar-refractivity contribution in [2.75, 3.05) is 0 Å². The number of hydrogen-bond donors (Lipinski definition) is 1. The van der Waals surface area contributed by atoms with E-state index in [1.165, 1.54) is 10.6 Å². The van der Waals surface area contributed by atoms with Crippen molar-refractivity contribution >= 4 is 49.6 Å². The van der Waals surface area contributed by atoms with Gasteiger partial charge in [-0.05, 0) is 65.2 Å². The number of aromatic nitrogens is 3. The number of halogens is 2. The number of carbonyl (C=O) groups is 1. The Kier molecular flexibility index (Phi) is 6.32. The van der Waals surface area contributed by atoms with Crippen LogP contribution < -0.4 is 16.6 Å². The zero-order chi connectivity index (χ0) is 23.0. The molecule has 4 rings (SSSR count). The Hall–Kier alpha value is -2.75. The van der Waals surface area contributed by atoms with E-state index in [2.05, 4.69) is 26.2 Å². The second kappa shape index (κ2) is 9.01. The first-order chi connectivity index (χ1) is 15.2. The number of fused-ring (bicyclic) bond motifs is 1. The lowest BCUT2D eigenvalue weighted by Gasteiger charge is -2.08. The van der Waals surface area contributed by atoms with Crippen LogP contribution in [0.3, 0.4) is 0 Å². The highest BCUT2D eigenvalue weighted by atomic mass is 79.9. The van der Waals surface area contributed by atoms with Crippen LogP contribution in [0.25, 0.3) is 4.83 Å². The molecule has 0 saturated heterocycles. The summed E-state index contributed by atoms with van der Waals surface area (Å²) in [5.74, 6) is -0.314. The number of rotatable bonds is 5. The molecular weight excluding hydrogens is 516 g/mol. The molecule has 0 spiro atoms. The number of hydrogen-bond acceptors (Lipinski definition) is 5. The fourth-order valence-corrected chi connectivity index (χ4v) is 4.76. The number of thiazole rings is 1. The minimum Gasteiger partial charge on any atom is -0.347 e. The summed E-state index contributed by atoms with van der Waals surface area (Å²) < 4.78 is 3.23. The van der Waals surface area contributed by atoms with Gasteiger partial charge in [-0.1, -0.05) is 17.7 Å². The van der Waals surface area contributed by atoms with E-state index in [0.29, 0.717) is 26.8 Å². The van der Waals surface area contributed by atoms with Crippen LogP contribution in [0.15, 0.2) is 56.8 Å². The third-order valence-electron chi connectivity index (χ3n) is 4.96. The molecule has 10 heteroatoms. The van der Waals surface area contributed by atoms with Gasteiger partial charge in [0.05, 0.1) is 11.6 Å². The van der Waals surface area contributed by atoms with Gasteiger partial charge in [0.2, 0.25) is 0 Å². The fourth-order valence-electron chi connectivity index (χ4n) is 3.31. The smallest absolute Gasteiger partial charge is 0.336 e. The maximum Gasteiger partial charge on any atom is 0.336 e. The van der Waals surface area contributed by atoms with Gasteiger partial charge in [0.15, 0.2) is 0 Å². The molecule has 0 fully saturated rings. The molecule has 32 heavy (non-hydrogen) atoms. The van der Waals surface area contributed by atoms with Gasteiger partial charge in [-0.2, -0.15) is 0 Å². The maximum absolute atomic E-state index is 13.1. The van der Waals surface area contributed by atoms with Gasteiger partial charge in [0.25, 0.3) is 11.5 Å². The molecule has 0 aliphatic rings. The summed E-state index contributed by atoms with van der Waals surface area (Å²) in [5, 5.41) is 3.34. The van der Waals surface area contributed by atoms with Gasteiger partial charge in [0.1, 0.15) is 9.71 Å². The van der Waals surface area contributed by atoms with E-state index in [-0.39, 0.29) is 12.5 Å². The number of nitrogens with zero attached hydrogens (tertiary/aromatic N) is 3. The van der Waals surface area contributed by atoms with Crippen molar-refractivity contribution in [2.45, 2.75) is 26.9 Å². The topological polar surface area (TPSA) is 85.5 Å². The zero-order valence-electron chi connectivity index (χ0n) is 17.2. The average molecular weight is 534 g/mol. The largest absolute Gasteiger partial charge is 0.347 e. The highest BCUT2D eigenvalue weighted by molar-refractivity contribution is 9.10. The van der Waals surface area contributed by atoms with E-state index in [9.17, 15) is 14.4 Å². The molecule has 164 valence electrons. The summed E-state index contributed by atoms with van der Waals surface area (Å²) in [5.41, 5.74) is 2.01. The Morgan fingerprint density at radius 1 is 1.19 bits per heavy atom. The van der Waals surface area contributed by atoms with Crippen LogP contribution in [0.1, 0.15) is 32.1 Å². The number of nitrogens with one attached hydrogen (secondary N) is 1. The van der Waals surface area contributed by atoms with Crippen molar-refractivity contribution in [3.63, 3.8) is 0 Å². The monoisotopic (exact) mass is 532 g/mol. The standard InChI is InChI=1S/C22H18BrClN4O3S/c1-12-7-14(5-6-25-12)9-26-19(29)18-11-28-21(32-18)13(2)20(30)27(22(28)31)10-15-3-4-16(23)17(24)8-15/h3-8,11H,9-10H2,1-2H3,(H,26,29). The van der Waals surface area contributed by atoms with Gasteiger partial charge in [-0.15, -0.1) is 11.3 Å². The highest BCUT2D eigenvalue weighted by Crippen LogP contribution is 2.23. The molecule has 0 bridgehead atoms. The predicted octanol–water partition coefficient (Wildman–Crippen LogP) is 3.93. The molecule has 0 radical (unpaired) electrons. The Balaban J connectivity index is 1.66. The maximum atomic E-state index is 13.1. The zero-order valence-corrected chi connectivity index (χ0v) is 20.3. The molecule has 0 saturated carbocycles. The highest BCUT2D eigenvalue weighted by Gasteiger charge is 2.18.